The average Bonchev–Trinajstić information content (AvgIpc) is 2.46. The highest BCUT2D eigenvalue weighted by molar-refractivity contribution is 5.97. The van der Waals surface area contributed by atoms with E-state index < -0.39 is 35.4 Å². The molecule has 1 aromatic rings. The maximum absolute atomic E-state index is 12.2. The molecule has 2 atom stereocenters. The van der Waals surface area contributed by atoms with Crippen molar-refractivity contribution in [3.05, 3.63) is 35.9 Å². The number of benzene rings is 1. The van der Waals surface area contributed by atoms with Crippen molar-refractivity contribution in [2.24, 2.45) is 11.8 Å². The number of nitrogens with one attached hydrogen (secondary N) is 1. The van der Waals surface area contributed by atoms with Gasteiger partial charge in [-0.1, -0.05) is 12.2 Å². The number of carboxylic acid groups (broad SMARTS) is 2. The molecule has 7 nitrogen and oxygen atoms in total. The first-order valence-corrected chi connectivity index (χ1v) is 6.65. The molecule has 7 heteroatoms. The number of carbonyl (C=O) groups excluding carboxylic acids is 1. The summed E-state index contributed by atoms with van der Waals surface area (Å²) >= 11 is 0. The summed E-state index contributed by atoms with van der Waals surface area (Å²) < 4.78 is 0. The molecule has 1 amide bonds. The molecule has 0 saturated heterocycles. The summed E-state index contributed by atoms with van der Waals surface area (Å²) in [4.78, 5) is 34.2. The lowest BCUT2D eigenvalue weighted by atomic mass is 9.82. The average molecular weight is 305 g/mol. The van der Waals surface area contributed by atoms with Gasteiger partial charge in [-0.05, 0) is 25.0 Å². The summed E-state index contributed by atoms with van der Waals surface area (Å²) in [7, 11) is 0. The molecular formula is C15H15NO6. The highest BCUT2D eigenvalue weighted by atomic mass is 16.4. The molecule has 0 fully saturated rings. The molecule has 1 aliphatic rings. The van der Waals surface area contributed by atoms with Crippen LogP contribution in [0.15, 0.2) is 30.4 Å². The van der Waals surface area contributed by atoms with Crippen molar-refractivity contribution < 1.29 is 29.7 Å². The smallest absolute Gasteiger partial charge is 0.339 e. The zero-order valence-electron chi connectivity index (χ0n) is 11.5. The van der Waals surface area contributed by atoms with E-state index in [0.717, 1.165) is 6.07 Å². The number of amides is 1. The zero-order chi connectivity index (χ0) is 16.3. The first-order chi connectivity index (χ1) is 10.4. The first-order valence-electron chi connectivity index (χ1n) is 6.65. The normalized spacial score (nSPS) is 20.4. The van der Waals surface area contributed by atoms with Crippen molar-refractivity contribution in [1.29, 1.82) is 0 Å². The fourth-order valence-corrected chi connectivity index (χ4v) is 2.40. The largest absolute Gasteiger partial charge is 0.507 e. The van der Waals surface area contributed by atoms with E-state index >= 15 is 0 Å². The van der Waals surface area contributed by atoms with E-state index in [1.54, 1.807) is 12.2 Å². The number of allylic oxidation sites excluding steroid dienone is 2. The van der Waals surface area contributed by atoms with Crippen LogP contribution in [0.1, 0.15) is 23.2 Å². The molecule has 0 bridgehead atoms. The minimum atomic E-state index is -1.28. The predicted molar refractivity (Wildman–Crippen MR) is 76.7 cm³/mol. The molecule has 22 heavy (non-hydrogen) atoms. The maximum Gasteiger partial charge on any atom is 0.339 e. The Morgan fingerprint density at radius 1 is 1.05 bits per heavy atom. The molecule has 4 N–H and O–H groups in total. The number of carboxylic acids is 2. The van der Waals surface area contributed by atoms with Gasteiger partial charge in [-0.15, -0.1) is 0 Å². The van der Waals surface area contributed by atoms with Gasteiger partial charge in [0.1, 0.15) is 11.3 Å². The Hall–Kier alpha value is -2.83. The SMILES string of the molecule is O=C(O)c1ccc(NC(=O)[C@H]2CC=CC[C@@H]2C(=O)O)cc1O. The Morgan fingerprint density at radius 2 is 1.68 bits per heavy atom. The predicted octanol–water partition coefficient (Wildman–Crippen LogP) is 1.70. The minimum Gasteiger partial charge on any atom is -0.507 e. The molecule has 0 radical (unpaired) electrons. The summed E-state index contributed by atoms with van der Waals surface area (Å²) in [5.74, 6) is -4.75. The molecular weight excluding hydrogens is 290 g/mol. The fourth-order valence-electron chi connectivity index (χ4n) is 2.40. The van der Waals surface area contributed by atoms with Crippen LogP contribution in [0.25, 0.3) is 0 Å². The van der Waals surface area contributed by atoms with Gasteiger partial charge in [-0.25, -0.2) is 4.79 Å². The molecule has 0 aromatic heterocycles. The van der Waals surface area contributed by atoms with Crippen molar-refractivity contribution in [3.63, 3.8) is 0 Å². The summed E-state index contributed by atoms with van der Waals surface area (Å²) in [6.45, 7) is 0. The van der Waals surface area contributed by atoms with Crippen molar-refractivity contribution in [3.8, 4) is 5.75 Å². The number of aliphatic carboxylic acids is 1. The number of aromatic hydroxyl groups is 1. The fraction of sp³-hybridized carbons (Fsp3) is 0.267. The second kappa shape index (κ2) is 6.30. The van der Waals surface area contributed by atoms with Gasteiger partial charge in [0.2, 0.25) is 5.91 Å². The van der Waals surface area contributed by atoms with E-state index in [4.69, 9.17) is 10.2 Å². The van der Waals surface area contributed by atoms with Gasteiger partial charge in [0.25, 0.3) is 0 Å². The number of hydrogen-bond donors (Lipinski definition) is 4. The van der Waals surface area contributed by atoms with Crippen molar-refractivity contribution in [1.82, 2.24) is 0 Å². The van der Waals surface area contributed by atoms with Crippen molar-refractivity contribution in [2.45, 2.75) is 12.8 Å². The maximum atomic E-state index is 12.2. The highest BCUT2D eigenvalue weighted by Gasteiger charge is 2.34. The third-order valence-electron chi connectivity index (χ3n) is 3.58. The van der Waals surface area contributed by atoms with Crippen LogP contribution in [0.5, 0.6) is 5.75 Å². The van der Waals surface area contributed by atoms with Gasteiger partial charge in [0.15, 0.2) is 0 Å². The molecule has 0 heterocycles. The molecule has 0 aliphatic heterocycles. The van der Waals surface area contributed by atoms with Crippen LogP contribution >= 0.6 is 0 Å². The van der Waals surface area contributed by atoms with Gasteiger partial charge >= 0.3 is 11.9 Å². The number of hydrogen-bond acceptors (Lipinski definition) is 4. The number of phenols is 1. The number of aromatic carboxylic acids is 1. The summed E-state index contributed by atoms with van der Waals surface area (Å²) in [6, 6.07) is 3.63. The van der Waals surface area contributed by atoms with Crippen molar-refractivity contribution in [2.75, 3.05) is 5.32 Å². The van der Waals surface area contributed by atoms with Crippen LogP contribution in [0.2, 0.25) is 0 Å². The first kappa shape index (κ1) is 15.6. The van der Waals surface area contributed by atoms with Crippen LogP contribution < -0.4 is 5.32 Å². The quantitative estimate of drug-likeness (QED) is 0.628. The monoisotopic (exact) mass is 305 g/mol. The molecule has 0 unspecified atom stereocenters. The second-order valence-electron chi connectivity index (χ2n) is 5.02. The lowest BCUT2D eigenvalue weighted by Crippen LogP contribution is -2.34. The third-order valence-corrected chi connectivity index (χ3v) is 3.58. The second-order valence-corrected chi connectivity index (χ2v) is 5.02. The van der Waals surface area contributed by atoms with E-state index in [2.05, 4.69) is 5.32 Å². The van der Waals surface area contributed by atoms with E-state index in [-0.39, 0.29) is 17.7 Å². The summed E-state index contributed by atoms with van der Waals surface area (Å²) in [5, 5.41) is 30.1. The summed E-state index contributed by atoms with van der Waals surface area (Å²) in [5.41, 5.74) is -0.0618. The van der Waals surface area contributed by atoms with Gasteiger partial charge in [0, 0.05) is 11.8 Å². The van der Waals surface area contributed by atoms with Gasteiger partial charge < -0.3 is 20.6 Å². The summed E-state index contributed by atoms with van der Waals surface area (Å²) in [6.07, 6.45) is 4.10. The van der Waals surface area contributed by atoms with Gasteiger partial charge in [-0.3, -0.25) is 9.59 Å². The third kappa shape index (κ3) is 3.25. The van der Waals surface area contributed by atoms with Crippen LogP contribution in [-0.4, -0.2) is 33.2 Å². The Labute approximate surface area is 125 Å². The Balaban J connectivity index is 2.14. The molecule has 0 spiro atoms. The number of rotatable bonds is 4. The topological polar surface area (TPSA) is 124 Å². The van der Waals surface area contributed by atoms with Crippen LogP contribution in [0.4, 0.5) is 5.69 Å². The molecule has 1 aliphatic carbocycles. The Morgan fingerprint density at radius 3 is 2.23 bits per heavy atom. The molecule has 1 aromatic carbocycles. The number of carbonyl (C=O) groups is 3. The Kier molecular flexibility index (Phi) is 4.45. The van der Waals surface area contributed by atoms with E-state index in [1.807, 2.05) is 0 Å². The standard InChI is InChI=1S/C15H15NO6/c17-12-7-8(5-6-11(12)15(21)22)16-13(18)9-3-1-2-4-10(9)14(19)20/h1-2,5-7,9-10,17H,3-4H2,(H,16,18)(H,19,20)(H,21,22)/t9-,10-/m0/s1. The van der Waals surface area contributed by atoms with Crippen LogP contribution in [0.3, 0.4) is 0 Å². The van der Waals surface area contributed by atoms with Crippen LogP contribution in [-0.2, 0) is 9.59 Å². The van der Waals surface area contributed by atoms with E-state index in [1.165, 1.54) is 12.1 Å². The van der Waals surface area contributed by atoms with Crippen molar-refractivity contribution >= 4 is 23.5 Å². The van der Waals surface area contributed by atoms with Gasteiger partial charge in [-0.2, -0.15) is 0 Å². The number of anilines is 1. The zero-order valence-corrected chi connectivity index (χ0v) is 11.5. The van der Waals surface area contributed by atoms with E-state index in [9.17, 15) is 19.5 Å². The van der Waals surface area contributed by atoms with E-state index in [0.29, 0.717) is 6.42 Å². The molecule has 2 rings (SSSR count). The lowest BCUT2D eigenvalue weighted by molar-refractivity contribution is -0.146. The van der Waals surface area contributed by atoms with Gasteiger partial charge in [0.05, 0.1) is 11.8 Å². The van der Waals surface area contributed by atoms with Crippen LogP contribution in [0, 0.1) is 11.8 Å². The Bertz CT molecular complexity index is 651. The molecule has 0 saturated carbocycles. The highest BCUT2D eigenvalue weighted by Crippen LogP contribution is 2.28. The molecule has 116 valence electrons. The minimum absolute atomic E-state index is 0.214. The lowest BCUT2D eigenvalue weighted by Gasteiger charge is -2.24.